The van der Waals surface area contributed by atoms with E-state index < -0.39 is 0 Å². The minimum atomic E-state index is -0.0476. The fourth-order valence-corrected chi connectivity index (χ4v) is 3.61. The van der Waals surface area contributed by atoms with Crippen molar-refractivity contribution in [2.24, 2.45) is 5.92 Å². The molecule has 0 saturated carbocycles. The van der Waals surface area contributed by atoms with Gasteiger partial charge in [-0.25, -0.2) is 0 Å². The van der Waals surface area contributed by atoms with E-state index in [0.717, 1.165) is 31.6 Å². The lowest BCUT2D eigenvalue weighted by molar-refractivity contribution is -0.148. The van der Waals surface area contributed by atoms with Crippen LogP contribution in [0, 0.1) is 5.92 Å². The summed E-state index contributed by atoms with van der Waals surface area (Å²) in [6, 6.07) is 8.14. The molecule has 5 heteroatoms. The second-order valence-electron chi connectivity index (χ2n) is 7.02. The highest BCUT2D eigenvalue weighted by atomic mass is 16.5. The zero-order valence-electron chi connectivity index (χ0n) is 15.2. The maximum atomic E-state index is 12.7. The number of rotatable bonds is 5. The van der Waals surface area contributed by atoms with E-state index in [1.165, 1.54) is 5.56 Å². The Morgan fingerprint density at radius 2 is 1.96 bits per heavy atom. The van der Waals surface area contributed by atoms with Crippen LogP contribution >= 0.6 is 0 Å². The highest BCUT2D eigenvalue weighted by Gasteiger charge is 2.37. The summed E-state index contributed by atoms with van der Waals surface area (Å²) in [4.78, 5) is 28.3. The Balaban J connectivity index is 1.48. The summed E-state index contributed by atoms with van der Waals surface area (Å²) in [7, 11) is 0. The van der Waals surface area contributed by atoms with E-state index in [2.05, 4.69) is 19.1 Å². The molecule has 2 saturated heterocycles. The molecule has 1 aromatic rings. The van der Waals surface area contributed by atoms with Gasteiger partial charge in [0, 0.05) is 19.5 Å². The van der Waals surface area contributed by atoms with Crippen molar-refractivity contribution in [3.63, 3.8) is 0 Å². The summed E-state index contributed by atoms with van der Waals surface area (Å²) < 4.78 is 5.98. The number of nitrogens with zero attached hydrogens (tertiary/aromatic N) is 2. The van der Waals surface area contributed by atoms with Gasteiger partial charge in [0.2, 0.25) is 11.8 Å². The molecule has 0 bridgehead atoms. The van der Waals surface area contributed by atoms with Crippen molar-refractivity contribution in [2.45, 2.75) is 45.6 Å². The fourth-order valence-electron chi connectivity index (χ4n) is 3.61. The first kappa shape index (κ1) is 17.8. The average Bonchev–Trinajstić information content (AvgIpc) is 2.63. The minimum Gasteiger partial charge on any atom is -0.487 e. The molecular weight excluding hydrogens is 316 g/mol. The van der Waals surface area contributed by atoms with Gasteiger partial charge in [-0.05, 0) is 37.0 Å². The first-order valence-corrected chi connectivity index (χ1v) is 9.42. The Kier molecular flexibility index (Phi) is 5.61. The molecule has 0 N–H and O–H groups in total. The molecule has 3 rings (SSSR count). The summed E-state index contributed by atoms with van der Waals surface area (Å²) in [5.41, 5.74) is 1.26. The predicted octanol–water partition coefficient (Wildman–Crippen LogP) is 2.49. The van der Waals surface area contributed by atoms with Crippen LogP contribution in [0.2, 0.25) is 0 Å². The fraction of sp³-hybridized carbons (Fsp3) is 0.600. The lowest BCUT2D eigenvalue weighted by Crippen LogP contribution is -2.59. The van der Waals surface area contributed by atoms with E-state index in [0.29, 0.717) is 26.1 Å². The second-order valence-corrected chi connectivity index (χ2v) is 7.02. The molecule has 136 valence electrons. The van der Waals surface area contributed by atoms with Gasteiger partial charge < -0.3 is 14.5 Å². The van der Waals surface area contributed by atoms with Gasteiger partial charge in [0.05, 0.1) is 19.0 Å². The van der Waals surface area contributed by atoms with Crippen LogP contribution in [0.5, 0.6) is 5.75 Å². The minimum absolute atomic E-state index is 0.0476. The lowest BCUT2D eigenvalue weighted by Gasteiger charge is -2.42. The lowest BCUT2D eigenvalue weighted by atomic mass is 9.94. The molecule has 0 spiro atoms. The van der Waals surface area contributed by atoms with Crippen molar-refractivity contribution in [1.82, 2.24) is 9.80 Å². The smallest absolute Gasteiger partial charge is 0.227 e. The number of likely N-dealkylation sites (tertiary alicyclic amines) is 2. The van der Waals surface area contributed by atoms with E-state index >= 15 is 0 Å². The van der Waals surface area contributed by atoms with Crippen molar-refractivity contribution in [3.8, 4) is 5.75 Å². The SMILES string of the molecule is CCC(=O)N1CCC[C@@H](C(=O)N2CC(Oc3cccc(CC)c3)C2)C1. The third-order valence-electron chi connectivity index (χ3n) is 5.19. The van der Waals surface area contributed by atoms with Crippen LogP contribution in [-0.2, 0) is 16.0 Å². The van der Waals surface area contributed by atoms with Crippen LogP contribution in [0.25, 0.3) is 0 Å². The van der Waals surface area contributed by atoms with Gasteiger partial charge in [-0.2, -0.15) is 0 Å². The van der Waals surface area contributed by atoms with Crippen LogP contribution in [0.1, 0.15) is 38.7 Å². The Labute approximate surface area is 149 Å². The van der Waals surface area contributed by atoms with E-state index in [1.807, 2.05) is 28.9 Å². The summed E-state index contributed by atoms with van der Waals surface area (Å²) >= 11 is 0. The standard InChI is InChI=1S/C20H28N2O3/c1-3-15-7-5-9-17(11-15)25-18-13-22(14-18)20(24)16-8-6-10-21(12-16)19(23)4-2/h5,7,9,11,16,18H,3-4,6,8,10,12-14H2,1-2H3/t16-/m1/s1. The van der Waals surface area contributed by atoms with Crippen molar-refractivity contribution in [3.05, 3.63) is 29.8 Å². The van der Waals surface area contributed by atoms with Crippen LogP contribution in [0.4, 0.5) is 0 Å². The maximum Gasteiger partial charge on any atom is 0.227 e. The zero-order valence-corrected chi connectivity index (χ0v) is 15.2. The van der Waals surface area contributed by atoms with Crippen molar-refractivity contribution >= 4 is 11.8 Å². The van der Waals surface area contributed by atoms with Crippen LogP contribution in [0.3, 0.4) is 0 Å². The molecule has 5 nitrogen and oxygen atoms in total. The molecule has 2 amide bonds. The predicted molar refractivity (Wildman–Crippen MR) is 96.4 cm³/mol. The highest BCUT2D eigenvalue weighted by molar-refractivity contribution is 5.82. The van der Waals surface area contributed by atoms with Gasteiger partial charge in [0.25, 0.3) is 0 Å². The number of amides is 2. The number of hydrogen-bond donors (Lipinski definition) is 0. The van der Waals surface area contributed by atoms with E-state index in [4.69, 9.17) is 4.74 Å². The topological polar surface area (TPSA) is 49.9 Å². The van der Waals surface area contributed by atoms with Gasteiger partial charge in [0.15, 0.2) is 0 Å². The summed E-state index contributed by atoms with van der Waals surface area (Å²) in [5, 5.41) is 0. The molecule has 2 aliphatic heterocycles. The van der Waals surface area contributed by atoms with E-state index in [-0.39, 0.29) is 23.8 Å². The molecule has 0 aromatic heterocycles. The molecular formula is C20H28N2O3. The number of carbonyl (C=O) groups is 2. The highest BCUT2D eigenvalue weighted by Crippen LogP contribution is 2.24. The molecule has 1 atom stereocenters. The number of benzene rings is 1. The number of piperidine rings is 1. The second kappa shape index (κ2) is 7.89. The molecule has 2 heterocycles. The van der Waals surface area contributed by atoms with Gasteiger partial charge >= 0.3 is 0 Å². The van der Waals surface area contributed by atoms with Crippen LogP contribution < -0.4 is 4.74 Å². The van der Waals surface area contributed by atoms with Gasteiger partial charge in [-0.15, -0.1) is 0 Å². The summed E-state index contributed by atoms with van der Waals surface area (Å²) in [6.07, 6.45) is 3.37. The average molecular weight is 344 g/mol. The first-order valence-electron chi connectivity index (χ1n) is 9.42. The zero-order chi connectivity index (χ0) is 17.8. The molecule has 0 radical (unpaired) electrons. The number of carbonyl (C=O) groups excluding carboxylic acids is 2. The van der Waals surface area contributed by atoms with Crippen molar-refractivity contribution in [1.29, 1.82) is 0 Å². The molecule has 2 aliphatic rings. The first-order chi connectivity index (χ1) is 12.1. The quantitative estimate of drug-likeness (QED) is 0.824. The van der Waals surface area contributed by atoms with Gasteiger partial charge in [-0.1, -0.05) is 26.0 Å². The van der Waals surface area contributed by atoms with Crippen LogP contribution in [-0.4, -0.2) is 53.9 Å². The Bertz CT molecular complexity index is 625. The number of hydrogen-bond acceptors (Lipinski definition) is 3. The largest absolute Gasteiger partial charge is 0.487 e. The van der Waals surface area contributed by atoms with Crippen molar-refractivity contribution < 1.29 is 14.3 Å². The Morgan fingerprint density at radius 1 is 1.16 bits per heavy atom. The monoisotopic (exact) mass is 344 g/mol. The van der Waals surface area contributed by atoms with E-state index in [1.54, 1.807) is 0 Å². The summed E-state index contributed by atoms with van der Waals surface area (Å²) in [6.45, 7) is 6.65. The van der Waals surface area contributed by atoms with Gasteiger partial charge in [-0.3, -0.25) is 9.59 Å². The molecule has 0 unspecified atom stereocenters. The Hall–Kier alpha value is -2.04. The van der Waals surface area contributed by atoms with Gasteiger partial charge in [0.1, 0.15) is 11.9 Å². The summed E-state index contributed by atoms with van der Waals surface area (Å²) in [5.74, 6) is 1.16. The van der Waals surface area contributed by atoms with E-state index in [9.17, 15) is 9.59 Å². The van der Waals surface area contributed by atoms with Crippen molar-refractivity contribution in [2.75, 3.05) is 26.2 Å². The molecule has 1 aromatic carbocycles. The molecule has 2 fully saturated rings. The maximum absolute atomic E-state index is 12.7. The molecule has 0 aliphatic carbocycles. The number of aryl methyl sites for hydroxylation is 1. The third-order valence-corrected chi connectivity index (χ3v) is 5.19. The normalized spacial score (nSPS) is 21.0. The third kappa shape index (κ3) is 4.14. The molecule has 25 heavy (non-hydrogen) atoms. The van der Waals surface area contributed by atoms with Crippen LogP contribution in [0.15, 0.2) is 24.3 Å². The Morgan fingerprint density at radius 3 is 2.68 bits per heavy atom. The number of ether oxygens (including phenoxy) is 1.